The Morgan fingerprint density at radius 3 is 2.38 bits per heavy atom. The van der Waals surface area contributed by atoms with E-state index in [-0.39, 0.29) is 0 Å². The molecular weight excluding hydrogens is 256 g/mol. The predicted molar refractivity (Wildman–Crippen MR) is 88.4 cm³/mol. The molecule has 0 aromatic heterocycles. The molecule has 3 aromatic rings. The summed E-state index contributed by atoms with van der Waals surface area (Å²) in [5.74, 6) is 0. The van der Waals surface area contributed by atoms with Gasteiger partial charge in [-0.3, -0.25) is 0 Å². The summed E-state index contributed by atoms with van der Waals surface area (Å²) >= 11 is 0. The van der Waals surface area contributed by atoms with Crippen molar-refractivity contribution >= 4 is 10.8 Å². The van der Waals surface area contributed by atoms with Gasteiger partial charge in [0.1, 0.15) is 0 Å². The van der Waals surface area contributed by atoms with Gasteiger partial charge in [0, 0.05) is 6.42 Å². The second kappa shape index (κ2) is 6.11. The summed E-state index contributed by atoms with van der Waals surface area (Å²) in [6, 6.07) is 22.9. The van der Waals surface area contributed by atoms with Crippen molar-refractivity contribution in [3.8, 4) is 0 Å². The smallest absolute Gasteiger partial charge is 0.0833 e. The Morgan fingerprint density at radius 1 is 0.857 bits per heavy atom. The van der Waals surface area contributed by atoms with Crippen LogP contribution in [0.25, 0.3) is 10.8 Å². The molecular formula is C20H20O. The summed E-state index contributed by atoms with van der Waals surface area (Å²) in [4.78, 5) is 0. The van der Waals surface area contributed by atoms with E-state index < -0.39 is 6.10 Å². The number of fused-ring (bicyclic) bond motifs is 1. The van der Waals surface area contributed by atoms with Gasteiger partial charge in [-0.25, -0.2) is 0 Å². The van der Waals surface area contributed by atoms with Crippen LogP contribution in [-0.2, 0) is 12.8 Å². The maximum absolute atomic E-state index is 10.6. The first-order valence-electron chi connectivity index (χ1n) is 7.51. The highest BCUT2D eigenvalue weighted by Gasteiger charge is 2.12. The summed E-state index contributed by atoms with van der Waals surface area (Å²) in [6.07, 6.45) is 1.16. The molecule has 21 heavy (non-hydrogen) atoms. The third-order valence-electron chi connectivity index (χ3n) is 4.04. The first-order valence-corrected chi connectivity index (χ1v) is 7.51. The van der Waals surface area contributed by atoms with Crippen molar-refractivity contribution in [3.63, 3.8) is 0 Å². The number of aliphatic hydroxyl groups excluding tert-OH is 1. The molecule has 0 saturated heterocycles. The minimum Gasteiger partial charge on any atom is -0.388 e. The molecule has 1 nitrogen and oxygen atoms in total. The molecule has 3 aromatic carbocycles. The van der Waals surface area contributed by atoms with E-state index >= 15 is 0 Å². The molecule has 0 amide bonds. The SMILES string of the molecule is CCc1ccccc1C(O)Cc1ccc2ccccc2c1. The molecule has 106 valence electrons. The van der Waals surface area contributed by atoms with Crippen molar-refractivity contribution in [2.24, 2.45) is 0 Å². The maximum atomic E-state index is 10.6. The maximum Gasteiger partial charge on any atom is 0.0833 e. The fraction of sp³-hybridized carbons (Fsp3) is 0.200. The van der Waals surface area contributed by atoms with E-state index in [1.165, 1.54) is 21.9 Å². The van der Waals surface area contributed by atoms with Crippen molar-refractivity contribution in [3.05, 3.63) is 83.4 Å². The molecule has 0 heterocycles. The van der Waals surface area contributed by atoms with Gasteiger partial charge >= 0.3 is 0 Å². The second-order valence-electron chi connectivity index (χ2n) is 5.45. The lowest BCUT2D eigenvalue weighted by Crippen LogP contribution is -2.05. The van der Waals surface area contributed by atoms with Crippen molar-refractivity contribution in [2.75, 3.05) is 0 Å². The average Bonchev–Trinajstić information content (AvgIpc) is 2.54. The molecule has 0 radical (unpaired) electrons. The van der Waals surface area contributed by atoms with E-state index in [0.717, 1.165) is 12.0 Å². The third kappa shape index (κ3) is 2.98. The molecule has 1 unspecified atom stereocenters. The summed E-state index contributed by atoms with van der Waals surface area (Å²) in [5, 5.41) is 13.0. The van der Waals surface area contributed by atoms with Crippen molar-refractivity contribution in [2.45, 2.75) is 25.9 Å². The van der Waals surface area contributed by atoms with E-state index in [1.807, 2.05) is 24.3 Å². The van der Waals surface area contributed by atoms with Crippen LogP contribution in [0.15, 0.2) is 66.7 Å². The van der Waals surface area contributed by atoms with Crippen LogP contribution in [0.5, 0.6) is 0 Å². The number of aliphatic hydroxyl groups is 1. The second-order valence-corrected chi connectivity index (χ2v) is 5.45. The molecule has 1 N–H and O–H groups in total. The minimum atomic E-state index is -0.442. The van der Waals surface area contributed by atoms with Gasteiger partial charge in [-0.1, -0.05) is 73.7 Å². The monoisotopic (exact) mass is 276 g/mol. The number of aryl methyl sites for hydroxylation is 1. The van der Waals surface area contributed by atoms with Crippen LogP contribution >= 0.6 is 0 Å². The van der Waals surface area contributed by atoms with Crippen LogP contribution in [0.4, 0.5) is 0 Å². The van der Waals surface area contributed by atoms with Gasteiger partial charge in [-0.2, -0.15) is 0 Å². The number of hydrogen-bond donors (Lipinski definition) is 1. The lowest BCUT2D eigenvalue weighted by atomic mass is 9.95. The number of benzene rings is 3. The van der Waals surface area contributed by atoms with Gasteiger partial charge in [0.15, 0.2) is 0 Å². The van der Waals surface area contributed by atoms with E-state index in [4.69, 9.17) is 0 Å². The molecule has 0 fully saturated rings. The van der Waals surface area contributed by atoms with Crippen LogP contribution in [0.1, 0.15) is 29.7 Å². The molecule has 0 aliphatic carbocycles. The quantitative estimate of drug-likeness (QED) is 0.733. The number of hydrogen-bond acceptors (Lipinski definition) is 1. The zero-order valence-electron chi connectivity index (χ0n) is 12.3. The minimum absolute atomic E-state index is 0.442. The van der Waals surface area contributed by atoms with Gasteiger partial charge in [-0.15, -0.1) is 0 Å². The number of rotatable bonds is 4. The lowest BCUT2D eigenvalue weighted by Gasteiger charge is -2.15. The Balaban J connectivity index is 1.87. The van der Waals surface area contributed by atoms with Crippen molar-refractivity contribution in [1.29, 1.82) is 0 Å². The Kier molecular flexibility index (Phi) is 4.03. The molecule has 0 bridgehead atoms. The van der Waals surface area contributed by atoms with Crippen molar-refractivity contribution < 1.29 is 5.11 Å². The molecule has 0 aliphatic heterocycles. The van der Waals surface area contributed by atoms with E-state index in [1.54, 1.807) is 0 Å². The Morgan fingerprint density at radius 2 is 1.57 bits per heavy atom. The zero-order chi connectivity index (χ0) is 14.7. The van der Waals surface area contributed by atoms with Gasteiger partial charge in [0.2, 0.25) is 0 Å². The Labute approximate surface area is 125 Å². The first kappa shape index (κ1) is 13.8. The van der Waals surface area contributed by atoms with Gasteiger partial charge in [0.25, 0.3) is 0 Å². The van der Waals surface area contributed by atoms with Crippen LogP contribution in [-0.4, -0.2) is 5.11 Å². The van der Waals surface area contributed by atoms with E-state index in [0.29, 0.717) is 6.42 Å². The molecule has 0 saturated carbocycles. The largest absolute Gasteiger partial charge is 0.388 e. The van der Waals surface area contributed by atoms with Crippen LogP contribution in [0.3, 0.4) is 0 Å². The highest BCUT2D eigenvalue weighted by Crippen LogP contribution is 2.24. The van der Waals surface area contributed by atoms with E-state index in [9.17, 15) is 5.11 Å². The molecule has 3 rings (SSSR count). The Hall–Kier alpha value is -2.12. The highest BCUT2D eigenvalue weighted by atomic mass is 16.3. The molecule has 1 heteroatoms. The third-order valence-corrected chi connectivity index (χ3v) is 4.04. The Bertz CT molecular complexity index is 745. The predicted octanol–water partition coefficient (Wildman–Crippen LogP) is 4.68. The summed E-state index contributed by atoms with van der Waals surface area (Å²) in [6.45, 7) is 2.13. The zero-order valence-corrected chi connectivity index (χ0v) is 12.3. The topological polar surface area (TPSA) is 20.2 Å². The summed E-state index contributed by atoms with van der Waals surface area (Å²) < 4.78 is 0. The standard InChI is InChI=1S/C20H20O/c1-2-16-7-5-6-10-19(16)20(21)14-15-11-12-17-8-3-4-9-18(17)13-15/h3-13,20-21H,2,14H2,1H3. The summed E-state index contributed by atoms with van der Waals surface area (Å²) in [7, 11) is 0. The van der Waals surface area contributed by atoms with Crippen LogP contribution < -0.4 is 0 Å². The molecule has 1 atom stereocenters. The van der Waals surface area contributed by atoms with Gasteiger partial charge in [0.05, 0.1) is 6.10 Å². The van der Waals surface area contributed by atoms with Gasteiger partial charge < -0.3 is 5.11 Å². The normalized spacial score (nSPS) is 12.5. The fourth-order valence-corrected chi connectivity index (χ4v) is 2.88. The summed E-state index contributed by atoms with van der Waals surface area (Å²) in [5.41, 5.74) is 3.45. The lowest BCUT2D eigenvalue weighted by molar-refractivity contribution is 0.177. The van der Waals surface area contributed by atoms with Gasteiger partial charge in [-0.05, 0) is 33.9 Å². The first-order chi connectivity index (χ1) is 10.3. The van der Waals surface area contributed by atoms with E-state index in [2.05, 4.69) is 49.4 Å². The fourth-order valence-electron chi connectivity index (χ4n) is 2.88. The van der Waals surface area contributed by atoms with Crippen molar-refractivity contribution in [1.82, 2.24) is 0 Å². The highest BCUT2D eigenvalue weighted by molar-refractivity contribution is 5.83. The molecule has 0 spiro atoms. The molecule has 0 aliphatic rings. The average molecular weight is 276 g/mol. The van der Waals surface area contributed by atoms with Crippen LogP contribution in [0.2, 0.25) is 0 Å². The van der Waals surface area contributed by atoms with Crippen LogP contribution in [0, 0.1) is 0 Å².